The fourth-order valence-corrected chi connectivity index (χ4v) is 3.74. The number of carboxylic acids is 1. The standard InChI is InChI=1S/C15H26N2O3/c1-3-5-9-16(4-2)15(20)17-10-11-7-6-8-12(11)13(17)14(18)19/h11-13H,3-10H2,1-2H3,(H,18,19). The van der Waals surface area contributed by atoms with Crippen LogP contribution in [0.25, 0.3) is 0 Å². The van der Waals surface area contributed by atoms with Crippen molar-refractivity contribution in [3.05, 3.63) is 0 Å². The molecule has 0 aromatic rings. The van der Waals surface area contributed by atoms with Crippen molar-refractivity contribution >= 4 is 12.0 Å². The molecular formula is C15H26N2O3. The van der Waals surface area contributed by atoms with Crippen LogP contribution in [0.1, 0.15) is 46.0 Å². The van der Waals surface area contributed by atoms with Gasteiger partial charge in [-0.2, -0.15) is 0 Å². The maximum atomic E-state index is 12.6. The third-order valence-corrected chi connectivity index (χ3v) is 4.82. The topological polar surface area (TPSA) is 60.9 Å². The summed E-state index contributed by atoms with van der Waals surface area (Å²) in [6, 6.07) is -0.687. The number of fused-ring (bicyclic) bond motifs is 1. The Morgan fingerprint density at radius 3 is 2.65 bits per heavy atom. The molecule has 2 aliphatic rings. The van der Waals surface area contributed by atoms with E-state index in [2.05, 4.69) is 6.92 Å². The Morgan fingerprint density at radius 2 is 2.05 bits per heavy atom. The summed E-state index contributed by atoms with van der Waals surface area (Å²) in [7, 11) is 0. The summed E-state index contributed by atoms with van der Waals surface area (Å²) < 4.78 is 0. The van der Waals surface area contributed by atoms with Gasteiger partial charge in [-0.25, -0.2) is 9.59 Å². The van der Waals surface area contributed by atoms with Crippen molar-refractivity contribution in [1.29, 1.82) is 0 Å². The molecular weight excluding hydrogens is 256 g/mol. The highest BCUT2D eigenvalue weighted by atomic mass is 16.4. The lowest BCUT2D eigenvalue weighted by molar-refractivity contribution is -0.142. The van der Waals surface area contributed by atoms with Crippen molar-refractivity contribution in [1.82, 2.24) is 9.80 Å². The van der Waals surface area contributed by atoms with Gasteiger partial charge >= 0.3 is 12.0 Å². The highest BCUT2D eigenvalue weighted by Crippen LogP contribution is 2.42. The highest BCUT2D eigenvalue weighted by Gasteiger charge is 2.50. The molecule has 0 aromatic carbocycles. The van der Waals surface area contributed by atoms with Gasteiger partial charge in [-0.15, -0.1) is 0 Å². The van der Waals surface area contributed by atoms with Crippen LogP contribution in [0.15, 0.2) is 0 Å². The summed E-state index contributed by atoms with van der Waals surface area (Å²) in [6.07, 6.45) is 5.13. The molecule has 5 nitrogen and oxygen atoms in total. The Balaban J connectivity index is 2.09. The van der Waals surface area contributed by atoms with E-state index in [-0.39, 0.29) is 11.9 Å². The van der Waals surface area contributed by atoms with E-state index in [0.717, 1.165) is 38.6 Å². The molecule has 1 aliphatic carbocycles. The smallest absolute Gasteiger partial charge is 0.326 e. The van der Waals surface area contributed by atoms with E-state index in [1.807, 2.05) is 6.92 Å². The number of unbranched alkanes of at least 4 members (excludes halogenated alkanes) is 1. The Bertz CT molecular complexity index is 372. The summed E-state index contributed by atoms with van der Waals surface area (Å²) in [5.41, 5.74) is 0. The average molecular weight is 282 g/mol. The molecule has 2 fully saturated rings. The van der Waals surface area contributed by atoms with Gasteiger partial charge in [-0.3, -0.25) is 0 Å². The van der Waals surface area contributed by atoms with Gasteiger partial charge in [0.2, 0.25) is 0 Å². The van der Waals surface area contributed by atoms with E-state index in [1.165, 1.54) is 0 Å². The largest absolute Gasteiger partial charge is 0.480 e. The van der Waals surface area contributed by atoms with Gasteiger partial charge in [0.05, 0.1) is 0 Å². The lowest BCUT2D eigenvalue weighted by atomic mass is 9.94. The van der Waals surface area contributed by atoms with Crippen LogP contribution in [-0.2, 0) is 4.79 Å². The Morgan fingerprint density at radius 1 is 1.30 bits per heavy atom. The van der Waals surface area contributed by atoms with Gasteiger partial charge in [0.25, 0.3) is 0 Å². The van der Waals surface area contributed by atoms with E-state index in [0.29, 0.717) is 19.0 Å². The zero-order valence-corrected chi connectivity index (χ0v) is 12.5. The first-order valence-electron chi connectivity index (χ1n) is 7.88. The minimum absolute atomic E-state index is 0.0808. The monoisotopic (exact) mass is 282 g/mol. The quantitative estimate of drug-likeness (QED) is 0.842. The van der Waals surface area contributed by atoms with Gasteiger partial charge < -0.3 is 14.9 Å². The van der Waals surface area contributed by atoms with Crippen molar-refractivity contribution < 1.29 is 14.7 Å². The van der Waals surface area contributed by atoms with Crippen LogP contribution >= 0.6 is 0 Å². The highest BCUT2D eigenvalue weighted by molar-refractivity contribution is 5.84. The maximum absolute atomic E-state index is 12.6. The van der Waals surface area contributed by atoms with Gasteiger partial charge in [0.15, 0.2) is 0 Å². The van der Waals surface area contributed by atoms with Crippen molar-refractivity contribution in [2.75, 3.05) is 19.6 Å². The fraction of sp³-hybridized carbons (Fsp3) is 0.867. The number of amides is 2. The Labute approximate surface area is 120 Å². The Kier molecular flexibility index (Phi) is 4.89. The number of carbonyl (C=O) groups excluding carboxylic acids is 1. The summed E-state index contributed by atoms with van der Waals surface area (Å²) in [6.45, 7) is 6.06. The number of nitrogens with zero attached hydrogens (tertiary/aromatic N) is 2. The number of rotatable bonds is 5. The molecule has 1 aliphatic heterocycles. The number of likely N-dealkylation sites (tertiary alicyclic amines) is 1. The molecule has 0 bridgehead atoms. The number of urea groups is 1. The summed E-state index contributed by atoms with van der Waals surface area (Å²) in [5, 5.41) is 9.50. The first-order chi connectivity index (χ1) is 9.60. The molecule has 3 atom stereocenters. The molecule has 0 aromatic heterocycles. The molecule has 1 N–H and O–H groups in total. The minimum Gasteiger partial charge on any atom is -0.480 e. The molecule has 114 valence electrons. The molecule has 20 heavy (non-hydrogen) atoms. The van der Waals surface area contributed by atoms with E-state index in [4.69, 9.17) is 0 Å². The summed E-state index contributed by atoms with van der Waals surface area (Å²) >= 11 is 0. The average Bonchev–Trinajstić information content (AvgIpc) is 2.98. The van der Waals surface area contributed by atoms with Crippen LogP contribution < -0.4 is 0 Å². The molecule has 1 saturated carbocycles. The minimum atomic E-state index is -0.834. The van der Waals surface area contributed by atoms with Crippen molar-refractivity contribution in [2.24, 2.45) is 11.8 Å². The number of hydrogen-bond donors (Lipinski definition) is 1. The first kappa shape index (κ1) is 15.1. The van der Waals surface area contributed by atoms with Crippen LogP contribution in [0, 0.1) is 11.8 Å². The SMILES string of the molecule is CCCCN(CC)C(=O)N1CC2CCCC2C1C(=O)O. The van der Waals surface area contributed by atoms with Gasteiger partial charge in [-0.05, 0) is 38.0 Å². The zero-order chi connectivity index (χ0) is 14.7. The lowest BCUT2D eigenvalue weighted by Crippen LogP contribution is -2.49. The summed E-state index contributed by atoms with van der Waals surface area (Å²) in [5.74, 6) is -0.273. The molecule has 0 spiro atoms. The van der Waals surface area contributed by atoms with E-state index >= 15 is 0 Å². The molecule has 1 saturated heterocycles. The van der Waals surface area contributed by atoms with E-state index in [1.54, 1.807) is 9.80 Å². The molecule has 1 heterocycles. The van der Waals surface area contributed by atoms with Crippen LogP contribution in [0.2, 0.25) is 0 Å². The van der Waals surface area contributed by atoms with Crippen molar-refractivity contribution in [3.8, 4) is 0 Å². The summed E-state index contributed by atoms with van der Waals surface area (Å²) in [4.78, 5) is 27.6. The van der Waals surface area contributed by atoms with Gasteiger partial charge in [0.1, 0.15) is 6.04 Å². The second-order valence-corrected chi connectivity index (χ2v) is 6.01. The van der Waals surface area contributed by atoms with Crippen molar-refractivity contribution in [3.63, 3.8) is 0 Å². The third kappa shape index (κ3) is 2.76. The van der Waals surface area contributed by atoms with Crippen LogP contribution in [0.5, 0.6) is 0 Å². The molecule has 2 rings (SSSR count). The zero-order valence-electron chi connectivity index (χ0n) is 12.5. The van der Waals surface area contributed by atoms with Crippen molar-refractivity contribution in [2.45, 2.75) is 52.0 Å². The fourth-order valence-electron chi connectivity index (χ4n) is 3.74. The Hall–Kier alpha value is -1.26. The van der Waals surface area contributed by atoms with Crippen LogP contribution in [0.4, 0.5) is 4.79 Å². The predicted molar refractivity (Wildman–Crippen MR) is 76.5 cm³/mol. The molecule has 2 amide bonds. The van der Waals surface area contributed by atoms with Gasteiger partial charge in [-0.1, -0.05) is 19.8 Å². The second kappa shape index (κ2) is 6.46. The van der Waals surface area contributed by atoms with E-state index < -0.39 is 12.0 Å². The van der Waals surface area contributed by atoms with Crippen LogP contribution in [0.3, 0.4) is 0 Å². The van der Waals surface area contributed by atoms with Crippen LogP contribution in [-0.4, -0.2) is 52.6 Å². The maximum Gasteiger partial charge on any atom is 0.326 e. The molecule has 3 unspecified atom stereocenters. The third-order valence-electron chi connectivity index (χ3n) is 4.82. The van der Waals surface area contributed by atoms with Gasteiger partial charge in [0, 0.05) is 19.6 Å². The normalized spacial score (nSPS) is 28.5. The first-order valence-corrected chi connectivity index (χ1v) is 7.88. The lowest BCUT2D eigenvalue weighted by Gasteiger charge is -2.31. The number of aliphatic carboxylic acids is 1. The number of carbonyl (C=O) groups is 2. The predicted octanol–water partition coefficient (Wildman–Crippen LogP) is 2.41. The molecule has 0 radical (unpaired) electrons. The molecule has 5 heteroatoms. The number of hydrogen-bond acceptors (Lipinski definition) is 2. The number of carboxylic acid groups (broad SMARTS) is 1. The van der Waals surface area contributed by atoms with E-state index in [9.17, 15) is 14.7 Å². The second-order valence-electron chi connectivity index (χ2n) is 6.01.